The molecule has 0 amide bonds. The molecule has 1 aromatic rings. The highest BCUT2D eigenvalue weighted by molar-refractivity contribution is 5.79. The Morgan fingerprint density at radius 3 is 3.10 bits per heavy atom. The van der Waals surface area contributed by atoms with Gasteiger partial charge >= 0.3 is 0 Å². The summed E-state index contributed by atoms with van der Waals surface area (Å²) in [5.41, 5.74) is 3.81. The zero-order valence-corrected chi connectivity index (χ0v) is 11.8. The Labute approximate surface area is 119 Å². The summed E-state index contributed by atoms with van der Waals surface area (Å²) in [7, 11) is 1.69. The number of guanidine groups is 1. The second kappa shape index (κ2) is 7.72. The molecule has 1 atom stereocenters. The molecule has 0 aliphatic carbocycles. The number of nitrogens with zero attached hydrogens (tertiary/aromatic N) is 1. The fourth-order valence-electron chi connectivity index (χ4n) is 2.12. The van der Waals surface area contributed by atoms with Crippen LogP contribution in [0.5, 0.6) is 5.75 Å². The molecule has 0 saturated carbocycles. The number of hydrogen-bond donors (Lipinski definition) is 3. The van der Waals surface area contributed by atoms with E-state index in [1.165, 1.54) is 5.56 Å². The molecule has 1 aliphatic heterocycles. The van der Waals surface area contributed by atoms with E-state index in [4.69, 9.17) is 15.3 Å². The average Bonchev–Trinajstić information content (AvgIpc) is 2.89. The summed E-state index contributed by atoms with van der Waals surface area (Å²) in [6.07, 6.45) is 1.88. The van der Waals surface area contributed by atoms with Gasteiger partial charge in [0, 0.05) is 26.7 Å². The standard InChI is InChI=1S/C14H22N4O2/c1-19-8-4-7-16-14(18-15)17-10-12-9-11-5-2-3-6-13(11)20-12/h2-3,5-6,12H,4,7-10,15H2,1H3,(H2,16,17,18). The maximum Gasteiger partial charge on any atom is 0.205 e. The van der Waals surface area contributed by atoms with Crippen molar-refractivity contribution in [1.82, 2.24) is 10.7 Å². The van der Waals surface area contributed by atoms with E-state index in [2.05, 4.69) is 21.8 Å². The molecule has 0 fully saturated rings. The van der Waals surface area contributed by atoms with Crippen LogP contribution in [0.1, 0.15) is 12.0 Å². The predicted molar refractivity (Wildman–Crippen MR) is 78.7 cm³/mol. The smallest absolute Gasteiger partial charge is 0.205 e. The van der Waals surface area contributed by atoms with Gasteiger partial charge in [-0.2, -0.15) is 0 Å². The molecule has 1 heterocycles. The summed E-state index contributed by atoms with van der Waals surface area (Å²) >= 11 is 0. The third kappa shape index (κ3) is 4.11. The maximum atomic E-state index is 5.82. The number of ether oxygens (including phenoxy) is 2. The number of aliphatic imine (C=N–C) groups is 1. The van der Waals surface area contributed by atoms with Gasteiger partial charge in [0.25, 0.3) is 0 Å². The Hall–Kier alpha value is -1.79. The lowest BCUT2D eigenvalue weighted by atomic mass is 10.1. The Morgan fingerprint density at radius 1 is 1.50 bits per heavy atom. The van der Waals surface area contributed by atoms with E-state index in [9.17, 15) is 0 Å². The molecule has 0 spiro atoms. The molecule has 110 valence electrons. The number of nitrogens with one attached hydrogen (secondary N) is 2. The van der Waals surface area contributed by atoms with E-state index in [0.29, 0.717) is 19.1 Å². The molecule has 0 radical (unpaired) electrons. The molecule has 1 aromatic carbocycles. The summed E-state index contributed by atoms with van der Waals surface area (Å²) in [5, 5.41) is 3.13. The van der Waals surface area contributed by atoms with Crippen LogP contribution in [0.25, 0.3) is 0 Å². The van der Waals surface area contributed by atoms with Gasteiger partial charge in [0.15, 0.2) is 0 Å². The van der Waals surface area contributed by atoms with Gasteiger partial charge in [0.2, 0.25) is 5.96 Å². The number of rotatable bonds is 6. The molecule has 6 nitrogen and oxygen atoms in total. The van der Waals surface area contributed by atoms with E-state index in [1.807, 2.05) is 18.2 Å². The largest absolute Gasteiger partial charge is 0.488 e. The van der Waals surface area contributed by atoms with Crippen LogP contribution in [0.4, 0.5) is 0 Å². The van der Waals surface area contributed by atoms with Crippen LogP contribution >= 0.6 is 0 Å². The van der Waals surface area contributed by atoms with Gasteiger partial charge in [-0.3, -0.25) is 5.43 Å². The summed E-state index contributed by atoms with van der Waals surface area (Å²) in [6.45, 7) is 2.06. The van der Waals surface area contributed by atoms with Gasteiger partial charge in [0.05, 0.1) is 6.54 Å². The average molecular weight is 278 g/mol. The van der Waals surface area contributed by atoms with Gasteiger partial charge < -0.3 is 14.8 Å². The predicted octanol–water partition coefficient (Wildman–Crippen LogP) is 0.436. The van der Waals surface area contributed by atoms with E-state index in [0.717, 1.165) is 25.1 Å². The monoisotopic (exact) mass is 278 g/mol. The first-order valence-electron chi connectivity index (χ1n) is 6.82. The SMILES string of the molecule is COCCCNC(=NCC1Cc2ccccc2O1)NN. The molecule has 20 heavy (non-hydrogen) atoms. The number of benzene rings is 1. The minimum absolute atomic E-state index is 0.0801. The Balaban J connectivity index is 1.77. The first-order chi connectivity index (χ1) is 9.83. The lowest BCUT2D eigenvalue weighted by Crippen LogP contribution is -2.42. The summed E-state index contributed by atoms with van der Waals surface area (Å²) in [4.78, 5) is 4.41. The molecule has 1 unspecified atom stereocenters. The van der Waals surface area contributed by atoms with E-state index < -0.39 is 0 Å². The number of hydrogen-bond acceptors (Lipinski definition) is 4. The van der Waals surface area contributed by atoms with Gasteiger partial charge in [0.1, 0.15) is 11.9 Å². The van der Waals surface area contributed by atoms with E-state index in [1.54, 1.807) is 7.11 Å². The van der Waals surface area contributed by atoms with Crippen molar-refractivity contribution in [3.63, 3.8) is 0 Å². The van der Waals surface area contributed by atoms with Crippen molar-refractivity contribution in [2.75, 3.05) is 26.8 Å². The summed E-state index contributed by atoms with van der Waals surface area (Å²) in [5.74, 6) is 6.99. The van der Waals surface area contributed by atoms with E-state index >= 15 is 0 Å². The van der Waals surface area contributed by atoms with Gasteiger partial charge in [-0.1, -0.05) is 18.2 Å². The Bertz CT molecular complexity index is 426. The molecule has 4 N–H and O–H groups in total. The van der Waals surface area contributed by atoms with Gasteiger partial charge in [-0.25, -0.2) is 10.8 Å². The van der Waals surface area contributed by atoms with Crippen molar-refractivity contribution >= 4 is 5.96 Å². The number of hydrazine groups is 1. The molecule has 2 rings (SSSR count). The molecular formula is C14H22N4O2. The highest BCUT2D eigenvalue weighted by Gasteiger charge is 2.21. The molecule has 6 heteroatoms. The van der Waals surface area contributed by atoms with Crippen molar-refractivity contribution < 1.29 is 9.47 Å². The van der Waals surface area contributed by atoms with Crippen LogP contribution in [0, 0.1) is 0 Å². The fourth-order valence-corrected chi connectivity index (χ4v) is 2.12. The van der Waals surface area contributed by atoms with Crippen LogP contribution in [-0.2, 0) is 11.2 Å². The normalized spacial score (nSPS) is 17.5. The molecule has 0 aromatic heterocycles. The maximum absolute atomic E-state index is 5.82. The third-order valence-electron chi connectivity index (χ3n) is 3.12. The number of fused-ring (bicyclic) bond motifs is 1. The van der Waals surface area contributed by atoms with Crippen molar-refractivity contribution in [3.8, 4) is 5.75 Å². The number of methoxy groups -OCH3 is 1. The highest BCUT2D eigenvalue weighted by Crippen LogP contribution is 2.27. The van der Waals surface area contributed by atoms with Crippen molar-refractivity contribution in [1.29, 1.82) is 0 Å². The zero-order chi connectivity index (χ0) is 14.2. The van der Waals surface area contributed by atoms with Gasteiger partial charge in [-0.05, 0) is 18.1 Å². The second-order valence-corrected chi connectivity index (χ2v) is 4.66. The van der Waals surface area contributed by atoms with Crippen molar-refractivity contribution in [2.24, 2.45) is 10.8 Å². The highest BCUT2D eigenvalue weighted by atomic mass is 16.5. The first kappa shape index (κ1) is 14.6. The second-order valence-electron chi connectivity index (χ2n) is 4.66. The number of nitrogens with two attached hydrogens (primary N) is 1. The summed E-state index contributed by atoms with van der Waals surface area (Å²) < 4.78 is 10.8. The zero-order valence-electron chi connectivity index (χ0n) is 11.8. The quantitative estimate of drug-likeness (QED) is 0.231. The minimum atomic E-state index is 0.0801. The molecule has 1 aliphatic rings. The van der Waals surface area contributed by atoms with Crippen LogP contribution in [0.15, 0.2) is 29.3 Å². The van der Waals surface area contributed by atoms with Crippen LogP contribution < -0.4 is 21.3 Å². The first-order valence-corrected chi connectivity index (χ1v) is 6.82. The third-order valence-corrected chi connectivity index (χ3v) is 3.12. The summed E-state index contributed by atoms with van der Waals surface area (Å²) in [6, 6.07) is 8.08. The Morgan fingerprint density at radius 2 is 2.35 bits per heavy atom. The van der Waals surface area contributed by atoms with Crippen LogP contribution in [0.3, 0.4) is 0 Å². The van der Waals surface area contributed by atoms with Crippen LogP contribution in [-0.4, -0.2) is 38.9 Å². The topological polar surface area (TPSA) is 80.9 Å². The lowest BCUT2D eigenvalue weighted by Gasteiger charge is -2.11. The minimum Gasteiger partial charge on any atom is -0.488 e. The van der Waals surface area contributed by atoms with Crippen molar-refractivity contribution in [3.05, 3.63) is 29.8 Å². The van der Waals surface area contributed by atoms with Gasteiger partial charge in [-0.15, -0.1) is 0 Å². The molecule has 0 bridgehead atoms. The fraction of sp³-hybridized carbons (Fsp3) is 0.500. The Kier molecular flexibility index (Phi) is 5.64. The van der Waals surface area contributed by atoms with Crippen molar-refractivity contribution in [2.45, 2.75) is 18.9 Å². The lowest BCUT2D eigenvalue weighted by molar-refractivity contribution is 0.195. The molecular weight excluding hydrogens is 256 g/mol. The molecule has 0 saturated heterocycles. The van der Waals surface area contributed by atoms with Crippen LogP contribution in [0.2, 0.25) is 0 Å². The number of para-hydroxylation sites is 1. The van der Waals surface area contributed by atoms with E-state index in [-0.39, 0.29) is 6.10 Å².